The fourth-order valence-electron chi connectivity index (χ4n) is 0.840. The van der Waals surface area contributed by atoms with E-state index in [9.17, 15) is 9.90 Å². The topological polar surface area (TPSA) is 37.3 Å². The Kier molecular flexibility index (Phi) is 2.79. The molecular formula is C8H10O2S. The second-order valence-corrected chi connectivity index (χ2v) is 3.69. The molecule has 1 aromatic heterocycles. The van der Waals surface area contributed by atoms with Crippen LogP contribution in [-0.2, 0) is 4.79 Å². The van der Waals surface area contributed by atoms with Crippen LogP contribution in [0.1, 0.15) is 22.3 Å². The van der Waals surface area contributed by atoms with Crippen molar-refractivity contribution >= 4 is 17.6 Å². The molecule has 11 heavy (non-hydrogen) atoms. The van der Waals surface area contributed by atoms with Crippen LogP contribution in [0.15, 0.2) is 12.1 Å². The lowest BCUT2D eigenvalue weighted by Crippen LogP contribution is -1.93. The first kappa shape index (κ1) is 8.43. The van der Waals surface area contributed by atoms with Gasteiger partial charge in [0.1, 0.15) is 6.29 Å². The summed E-state index contributed by atoms with van der Waals surface area (Å²) in [5.41, 5.74) is 0. The van der Waals surface area contributed by atoms with Crippen molar-refractivity contribution in [3.05, 3.63) is 21.9 Å². The van der Waals surface area contributed by atoms with Gasteiger partial charge in [0.25, 0.3) is 0 Å². The Balaban J connectivity index is 2.67. The van der Waals surface area contributed by atoms with Crippen molar-refractivity contribution in [2.75, 3.05) is 0 Å². The molecule has 1 rings (SSSR count). The van der Waals surface area contributed by atoms with E-state index in [4.69, 9.17) is 0 Å². The van der Waals surface area contributed by atoms with Crippen molar-refractivity contribution in [3.8, 4) is 0 Å². The van der Waals surface area contributed by atoms with E-state index in [0.717, 1.165) is 16.0 Å². The Morgan fingerprint density at radius 2 is 2.45 bits per heavy atom. The van der Waals surface area contributed by atoms with Crippen LogP contribution in [0, 0.1) is 6.92 Å². The van der Waals surface area contributed by atoms with Gasteiger partial charge in [0.2, 0.25) is 0 Å². The lowest BCUT2D eigenvalue weighted by atomic mass is 10.2. The van der Waals surface area contributed by atoms with Crippen LogP contribution in [0.3, 0.4) is 0 Å². The number of rotatable bonds is 3. The number of carbonyl (C=O) groups excluding carboxylic acids is 1. The fourth-order valence-corrected chi connectivity index (χ4v) is 1.72. The van der Waals surface area contributed by atoms with Crippen LogP contribution < -0.4 is 0 Å². The van der Waals surface area contributed by atoms with E-state index in [0.29, 0.717) is 0 Å². The summed E-state index contributed by atoms with van der Waals surface area (Å²) in [7, 11) is 0. The first-order valence-corrected chi connectivity index (χ1v) is 4.23. The molecule has 1 N–H and O–H groups in total. The highest BCUT2D eigenvalue weighted by Gasteiger charge is 2.07. The Morgan fingerprint density at radius 1 is 1.73 bits per heavy atom. The summed E-state index contributed by atoms with van der Waals surface area (Å²) in [4.78, 5) is 12.1. The molecule has 0 radical (unpaired) electrons. The van der Waals surface area contributed by atoms with Crippen LogP contribution >= 0.6 is 11.3 Å². The third-order valence-corrected chi connectivity index (χ3v) is 2.51. The number of hydrogen-bond acceptors (Lipinski definition) is 3. The summed E-state index contributed by atoms with van der Waals surface area (Å²) in [6.07, 6.45) is 0.325. The monoisotopic (exact) mass is 170 g/mol. The Morgan fingerprint density at radius 3 is 2.91 bits per heavy atom. The van der Waals surface area contributed by atoms with Gasteiger partial charge >= 0.3 is 0 Å². The maximum absolute atomic E-state index is 10.0. The largest absolute Gasteiger partial charge is 0.387 e. The standard InChI is InChI=1S/C8H10O2S/c1-6-2-3-8(11-6)7(10)4-5-9/h2-3,5,7,10H,4H2,1H3/t7-/m1/s1. The molecule has 0 saturated heterocycles. The smallest absolute Gasteiger partial charge is 0.122 e. The van der Waals surface area contributed by atoms with Crippen LogP contribution in [0.25, 0.3) is 0 Å². The minimum atomic E-state index is -0.605. The third kappa shape index (κ3) is 2.13. The summed E-state index contributed by atoms with van der Waals surface area (Å²) < 4.78 is 0. The van der Waals surface area contributed by atoms with E-state index >= 15 is 0 Å². The molecule has 0 unspecified atom stereocenters. The SMILES string of the molecule is Cc1ccc([C@H](O)CC=O)s1. The molecule has 0 aliphatic carbocycles. The average molecular weight is 170 g/mol. The highest BCUT2D eigenvalue weighted by atomic mass is 32.1. The van der Waals surface area contributed by atoms with Crippen LogP contribution in [0.5, 0.6) is 0 Å². The Labute approximate surface area is 69.5 Å². The lowest BCUT2D eigenvalue weighted by molar-refractivity contribution is -0.109. The van der Waals surface area contributed by atoms with E-state index in [-0.39, 0.29) is 6.42 Å². The summed E-state index contributed by atoms with van der Waals surface area (Å²) >= 11 is 1.53. The predicted octanol–water partition coefficient (Wildman–Crippen LogP) is 1.68. The van der Waals surface area contributed by atoms with Gasteiger partial charge in [0.15, 0.2) is 0 Å². The van der Waals surface area contributed by atoms with Gasteiger partial charge in [-0.25, -0.2) is 0 Å². The molecule has 0 amide bonds. The summed E-state index contributed by atoms with van der Waals surface area (Å²) in [5, 5.41) is 9.31. The fraction of sp³-hybridized carbons (Fsp3) is 0.375. The summed E-state index contributed by atoms with van der Waals surface area (Å²) in [6, 6.07) is 3.79. The maximum Gasteiger partial charge on any atom is 0.122 e. The zero-order valence-corrected chi connectivity index (χ0v) is 7.10. The van der Waals surface area contributed by atoms with E-state index in [2.05, 4.69) is 0 Å². The van der Waals surface area contributed by atoms with Crippen LogP contribution in [-0.4, -0.2) is 11.4 Å². The quantitative estimate of drug-likeness (QED) is 0.701. The van der Waals surface area contributed by atoms with Gasteiger partial charge in [-0.1, -0.05) is 0 Å². The molecular weight excluding hydrogens is 160 g/mol. The van der Waals surface area contributed by atoms with Crippen molar-refractivity contribution in [1.29, 1.82) is 0 Å². The molecule has 0 spiro atoms. The minimum Gasteiger partial charge on any atom is -0.387 e. The maximum atomic E-state index is 10.0. The van der Waals surface area contributed by atoms with E-state index < -0.39 is 6.10 Å². The number of thiophene rings is 1. The Bertz CT molecular complexity index is 242. The first-order chi connectivity index (χ1) is 5.24. The molecule has 0 fully saturated rings. The number of carbonyl (C=O) groups is 1. The lowest BCUT2D eigenvalue weighted by Gasteiger charge is -2.01. The molecule has 0 aliphatic rings. The Hall–Kier alpha value is -0.670. The van der Waals surface area contributed by atoms with Crippen molar-refractivity contribution < 1.29 is 9.90 Å². The number of hydrogen-bond donors (Lipinski definition) is 1. The van der Waals surface area contributed by atoms with Crippen molar-refractivity contribution in [2.45, 2.75) is 19.4 Å². The molecule has 60 valence electrons. The van der Waals surface area contributed by atoms with Gasteiger partial charge in [-0.15, -0.1) is 11.3 Å². The predicted molar refractivity (Wildman–Crippen MR) is 44.7 cm³/mol. The zero-order chi connectivity index (χ0) is 8.27. The van der Waals surface area contributed by atoms with Crippen molar-refractivity contribution in [3.63, 3.8) is 0 Å². The molecule has 1 atom stereocenters. The van der Waals surface area contributed by atoms with Crippen molar-refractivity contribution in [2.24, 2.45) is 0 Å². The number of aliphatic hydroxyl groups is 1. The third-order valence-electron chi connectivity index (χ3n) is 1.41. The second kappa shape index (κ2) is 3.64. The van der Waals surface area contributed by atoms with Crippen LogP contribution in [0.2, 0.25) is 0 Å². The highest BCUT2D eigenvalue weighted by Crippen LogP contribution is 2.23. The summed E-state index contributed by atoms with van der Waals surface area (Å²) in [5.74, 6) is 0. The molecule has 2 nitrogen and oxygen atoms in total. The molecule has 3 heteroatoms. The van der Waals surface area contributed by atoms with Gasteiger partial charge in [-0.2, -0.15) is 0 Å². The minimum absolute atomic E-state index is 0.194. The molecule has 1 heterocycles. The molecule has 0 saturated carbocycles. The van der Waals surface area contributed by atoms with Gasteiger partial charge in [-0.3, -0.25) is 0 Å². The summed E-state index contributed by atoms with van der Waals surface area (Å²) in [6.45, 7) is 1.97. The molecule has 0 aromatic carbocycles. The zero-order valence-electron chi connectivity index (χ0n) is 6.28. The van der Waals surface area contributed by atoms with Gasteiger partial charge in [-0.05, 0) is 19.1 Å². The van der Waals surface area contributed by atoms with Gasteiger partial charge < -0.3 is 9.90 Å². The first-order valence-electron chi connectivity index (χ1n) is 3.42. The van der Waals surface area contributed by atoms with E-state index in [1.54, 1.807) is 0 Å². The number of aldehydes is 1. The number of aryl methyl sites for hydroxylation is 1. The van der Waals surface area contributed by atoms with Crippen LogP contribution in [0.4, 0.5) is 0 Å². The van der Waals surface area contributed by atoms with Crippen molar-refractivity contribution in [1.82, 2.24) is 0 Å². The van der Waals surface area contributed by atoms with E-state index in [1.165, 1.54) is 11.3 Å². The molecule has 0 bridgehead atoms. The molecule has 1 aromatic rings. The highest BCUT2D eigenvalue weighted by molar-refractivity contribution is 7.12. The van der Waals surface area contributed by atoms with Gasteiger partial charge in [0.05, 0.1) is 6.10 Å². The second-order valence-electron chi connectivity index (χ2n) is 2.37. The molecule has 0 aliphatic heterocycles. The average Bonchev–Trinajstić information content (AvgIpc) is 2.36. The van der Waals surface area contributed by atoms with E-state index in [1.807, 2.05) is 19.1 Å². The van der Waals surface area contributed by atoms with Gasteiger partial charge in [0, 0.05) is 16.2 Å². The number of aliphatic hydroxyl groups excluding tert-OH is 1. The normalized spacial score (nSPS) is 12.9.